The van der Waals surface area contributed by atoms with Crippen LogP contribution in [0.15, 0.2) is 47.1 Å². The predicted molar refractivity (Wildman–Crippen MR) is 87.1 cm³/mol. The van der Waals surface area contributed by atoms with Gasteiger partial charge in [0.1, 0.15) is 29.0 Å². The van der Waals surface area contributed by atoms with Crippen LogP contribution in [0.1, 0.15) is 40.5 Å². The van der Waals surface area contributed by atoms with Gasteiger partial charge in [0.25, 0.3) is 0 Å². The first kappa shape index (κ1) is 16.6. The van der Waals surface area contributed by atoms with Gasteiger partial charge in [0.2, 0.25) is 22.4 Å². The molecule has 0 saturated heterocycles. The molecular formula is C18H16O7. The molecule has 0 unspecified atom stereocenters. The fourth-order valence-electron chi connectivity index (χ4n) is 2.63. The highest BCUT2D eigenvalue weighted by Crippen LogP contribution is 2.39. The molecule has 0 fully saturated rings. The Labute approximate surface area is 141 Å². The van der Waals surface area contributed by atoms with Crippen molar-refractivity contribution in [3.05, 3.63) is 79.3 Å². The number of aromatic hydroxyl groups is 2. The van der Waals surface area contributed by atoms with E-state index in [-0.39, 0.29) is 28.8 Å². The van der Waals surface area contributed by atoms with E-state index in [1.165, 1.54) is 0 Å². The van der Waals surface area contributed by atoms with Gasteiger partial charge in [-0.3, -0.25) is 9.59 Å². The second kappa shape index (κ2) is 6.01. The Morgan fingerprint density at radius 2 is 1.24 bits per heavy atom. The van der Waals surface area contributed by atoms with E-state index in [1.807, 2.05) is 0 Å². The minimum atomic E-state index is -1.10. The van der Waals surface area contributed by atoms with Crippen molar-refractivity contribution in [2.45, 2.75) is 26.7 Å². The van der Waals surface area contributed by atoms with E-state index < -0.39 is 28.3 Å². The summed E-state index contributed by atoms with van der Waals surface area (Å²) >= 11 is 0. The van der Waals surface area contributed by atoms with Crippen LogP contribution in [0.3, 0.4) is 0 Å². The van der Waals surface area contributed by atoms with Crippen LogP contribution in [-0.4, -0.2) is 10.2 Å². The molecule has 0 aliphatic carbocycles. The molecule has 0 amide bonds. The van der Waals surface area contributed by atoms with Crippen LogP contribution < -0.4 is 10.9 Å². The number of aryl methyl sites for hydroxylation is 3. The molecule has 0 spiro atoms. The molecule has 3 rings (SSSR count). The lowest BCUT2D eigenvalue weighted by Gasteiger charge is -2.16. The minimum absolute atomic E-state index is 0.177. The van der Waals surface area contributed by atoms with Gasteiger partial charge in [-0.2, -0.15) is 0 Å². The quantitative estimate of drug-likeness (QED) is 0.751. The van der Waals surface area contributed by atoms with Crippen LogP contribution in [-0.2, 0) is 0 Å². The topological polar surface area (TPSA) is 114 Å². The van der Waals surface area contributed by atoms with Gasteiger partial charge in [0.15, 0.2) is 11.5 Å². The van der Waals surface area contributed by atoms with Crippen molar-refractivity contribution in [3.63, 3.8) is 0 Å². The zero-order chi connectivity index (χ0) is 18.3. The van der Waals surface area contributed by atoms with E-state index >= 15 is 0 Å². The first-order chi connectivity index (χ1) is 11.8. The van der Waals surface area contributed by atoms with E-state index in [4.69, 9.17) is 13.3 Å². The van der Waals surface area contributed by atoms with Crippen molar-refractivity contribution in [2.24, 2.45) is 0 Å². The molecule has 25 heavy (non-hydrogen) atoms. The summed E-state index contributed by atoms with van der Waals surface area (Å²) in [6.45, 7) is 4.79. The molecule has 0 bridgehead atoms. The van der Waals surface area contributed by atoms with Crippen LogP contribution in [0, 0.1) is 20.8 Å². The summed E-state index contributed by atoms with van der Waals surface area (Å²) in [7, 11) is 0. The molecule has 3 aromatic heterocycles. The summed E-state index contributed by atoms with van der Waals surface area (Å²) in [5.74, 6) is -1.45. The number of furan rings is 1. The molecule has 0 aliphatic heterocycles. The molecule has 0 atom stereocenters. The van der Waals surface area contributed by atoms with Gasteiger partial charge in [-0.05, 0) is 32.9 Å². The fourth-order valence-corrected chi connectivity index (χ4v) is 2.63. The highest BCUT2D eigenvalue weighted by atomic mass is 16.4. The van der Waals surface area contributed by atoms with Crippen LogP contribution in [0.2, 0.25) is 0 Å². The van der Waals surface area contributed by atoms with E-state index in [2.05, 4.69) is 0 Å². The first-order valence-corrected chi connectivity index (χ1v) is 7.51. The van der Waals surface area contributed by atoms with Gasteiger partial charge in [0, 0.05) is 12.1 Å². The number of hydrogen-bond acceptors (Lipinski definition) is 7. The average molecular weight is 344 g/mol. The lowest BCUT2D eigenvalue weighted by molar-refractivity contribution is 0.326. The van der Waals surface area contributed by atoms with E-state index in [0.29, 0.717) is 5.76 Å². The van der Waals surface area contributed by atoms with Gasteiger partial charge < -0.3 is 23.5 Å². The largest absolute Gasteiger partial charge is 0.502 e. The maximum absolute atomic E-state index is 12.0. The molecule has 7 heteroatoms. The monoisotopic (exact) mass is 344 g/mol. The third kappa shape index (κ3) is 2.96. The van der Waals surface area contributed by atoms with Gasteiger partial charge in [-0.15, -0.1) is 0 Å². The molecule has 130 valence electrons. The molecule has 0 aromatic carbocycles. The average Bonchev–Trinajstić information content (AvgIpc) is 2.95. The first-order valence-electron chi connectivity index (χ1n) is 7.51. The van der Waals surface area contributed by atoms with Crippen molar-refractivity contribution in [3.8, 4) is 11.5 Å². The summed E-state index contributed by atoms with van der Waals surface area (Å²) in [6.07, 6.45) is 0. The number of rotatable bonds is 3. The lowest BCUT2D eigenvalue weighted by Crippen LogP contribution is -2.12. The van der Waals surface area contributed by atoms with Crippen molar-refractivity contribution in [1.82, 2.24) is 0 Å². The maximum Gasteiger partial charge on any atom is 0.227 e. The van der Waals surface area contributed by atoms with Gasteiger partial charge in [-0.25, -0.2) is 0 Å². The zero-order valence-electron chi connectivity index (χ0n) is 13.8. The zero-order valence-corrected chi connectivity index (χ0v) is 13.8. The summed E-state index contributed by atoms with van der Waals surface area (Å²) < 4.78 is 16.6. The summed E-state index contributed by atoms with van der Waals surface area (Å²) in [5, 5.41) is 20.4. The second-order valence-corrected chi connectivity index (χ2v) is 5.75. The Morgan fingerprint density at radius 1 is 0.760 bits per heavy atom. The van der Waals surface area contributed by atoms with Gasteiger partial charge in [-0.1, -0.05) is 0 Å². The van der Waals surface area contributed by atoms with Crippen molar-refractivity contribution in [1.29, 1.82) is 0 Å². The fraction of sp³-hybridized carbons (Fsp3) is 0.222. The lowest BCUT2D eigenvalue weighted by atomic mass is 9.97. The Balaban J connectivity index is 2.37. The minimum Gasteiger partial charge on any atom is -0.502 e. The molecule has 3 aromatic rings. The van der Waals surface area contributed by atoms with E-state index in [9.17, 15) is 19.8 Å². The normalized spacial score (nSPS) is 11.2. The standard InChI is InChI=1S/C18H16O7/c1-8-4-5-13(23-8)14(17-15(21)11(19)6-9(2)24-17)18-16(22)12(20)7-10(3)25-18/h4-7,14,21-22H,1-3H3. The number of hydrogen-bond donors (Lipinski definition) is 2. The van der Waals surface area contributed by atoms with Crippen LogP contribution in [0.25, 0.3) is 0 Å². The van der Waals surface area contributed by atoms with Gasteiger partial charge in [0.05, 0.1) is 0 Å². The molecule has 7 nitrogen and oxygen atoms in total. The molecule has 0 radical (unpaired) electrons. The molecular weight excluding hydrogens is 328 g/mol. The molecule has 0 aliphatic rings. The highest BCUT2D eigenvalue weighted by molar-refractivity contribution is 5.43. The smallest absolute Gasteiger partial charge is 0.227 e. The van der Waals surface area contributed by atoms with Crippen LogP contribution in [0.4, 0.5) is 0 Å². The van der Waals surface area contributed by atoms with E-state index in [0.717, 1.165) is 12.1 Å². The van der Waals surface area contributed by atoms with Crippen LogP contribution >= 0.6 is 0 Å². The third-order valence-corrected chi connectivity index (χ3v) is 3.71. The highest BCUT2D eigenvalue weighted by Gasteiger charge is 2.33. The predicted octanol–water partition coefficient (Wildman–Crippen LogP) is 2.70. The Morgan fingerprint density at radius 3 is 1.64 bits per heavy atom. The second-order valence-electron chi connectivity index (χ2n) is 5.75. The summed E-state index contributed by atoms with van der Waals surface area (Å²) in [5.41, 5.74) is -1.30. The Hall–Kier alpha value is -3.22. The third-order valence-electron chi connectivity index (χ3n) is 3.71. The van der Waals surface area contributed by atoms with Crippen LogP contribution in [0.5, 0.6) is 11.5 Å². The Bertz CT molecular complexity index is 987. The summed E-state index contributed by atoms with van der Waals surface area (Å²) in [6, 6.07) is 5.52. The molecule has 2 N–H and O–H groups in total. The molecule has 3 heterocycles. The van der Waals surface area contributed by atoms with Crippen molar-refractivity contribution >= 4 is 0 Å². The SMILES string of the molecule is Cc1ccc(C(c2oc(C)cc(=O)c2O)c2oc(C)cc(=O)c2O)o1. The van der Waals surface area contributed by atoms with Gasteiger partial charge >= 0.3 is 0 Å². The maximum atomic E-state index is 12.0. The summed E-state index contributed by atoms with van der Waals surface area (Å²) in [4.78, 5) is 23.9. The van der Waals surface area contributed by atoms with Crippen molar-refractivity contribution < 1.29 is 23.5 Å². The Kier molecular flexibility index (Phi) is 4.00. The van der Waals surface area contributed by atoms with Crippen molar-refractivity contribution in [2.75, 3.05) is 0 Å². The van der Waals surface area contributed by atoms with E-state index in [1.54, 1.807) is 32.9 Å². The molecule has 0 saturated carbocycles.